The maximum atomic E-state index is 5.65. The average molecular weight is 275 g/mol. The molecule has 20 heavy (non-hydrogen) atoms. The van der Waals surface area contributed by atoms with Crippen molar-refractivity contribution in [2.24, 2.45) is 0 Å². The van der Waals surface area contributed by atoms with Crippen molar-refractivity contribution in [3.05, 3.63) is 30.1 Å². The third-order valence-corrected chi connectivity index (χ3v) is 2.66. The Balaban J connectivity index is 0.000000956. The van der Waals surface area contributed by atoms with Crippen molar-refractivity contribution in [2.75, 3.05) is 20.0 Å². The molecule has 0 amide bonds. The third kappa shape index (κ3) is 3.38. The zero-order valence-corrected chi connectivity index (χ0v) is 12.6. The van der Waals surface area contributed by atoms with Gasteiger partial charge in [-0.2, -0.15) is 0 Å². The van der Waals surface area contributed by atoms with E-state index in [1.54, 1.807) is 20.4 Å². The molecule has 0 saturated heterocycles. The first-order chi connectivity index (χ1) is 9.65. The number of anilines is 1. The summed E-state index contributed by atoms with van der Waals surface area (Å²) in [5.41, 5.74) is 8.02. The van der Waals surface area contributed by atoms with Gasteiger partial charge in [-0.15, -0.1) is 0 Å². The fraction of sp³-hybridized carbons (Fsp3) is 0.333. The Morgan fingerprint density at radius 1 is 1.05 bits per heavy atom. The maximum absolute atomic E-state index is 5.65. The number of rotatable bonds is 3. The van der Waals surface area contributed by atoms with Crippen LogP contribution in [-0.4, -0.2) is 24.2 Å². The molecular formula is C15H21N3O2. The van der Waals surface area contributed by atoms with Crippen molar-refractivity contribution < 1.29 is 9.47 Å². The first-order valence-electron chi connectivity index (χ1n) is 6.47. The van der Waals surface area contributed by atoms with Gasteiger partial charge in [0, 0.05) is 5.56 Å². The number of methoxy groups -OCH3 is 2. The number of hydrogen-bond acceptors (Lipinski definition) is 5. The van der Waals surface area contributed by atoms with Gasteiger partial charge in [0.15, 0.2) is 11.5 Å². The Morgan fingerprint density at radius 3 is 2.25 bits per heavy atom. The summed E-state index contributed by atoms with van der Waals surface area (Å²) in [6.45, 7) is 5.83. The lowest BCUT2D eigenvalue weighted by Gasteiger charge is -2.09. The second kappa shape index (κ2) is 7.33. The van der Waals surface area contributed by atoms with Gasteiger partial charge in [-0.3, -0.25) is 0 Å². The van der Waals surface area contributed by atoms with Crippen LogP contribution in [-0.2, 0) is 0 Å². The predicted molar refractivity (Wildman–Crippen MR) is 81.1 cm³/mol. The van der Waals surface area contributed by atoms with E-state index in [0.29, 0.717) is 23.0 Å². The number of nitrogens with zero attached hydrogens (tertiary/aromatic N) is 2. The highest BCUT2D eigenvalue weighted by Gasteiger charge is 2.08. The Bertz CT molecular complexity index is 571. The molecular weight excluding hydrogens is 254 g/mol. The summed E-state index contributed by atoms with van der Waals surface area (Å²) in [5.74, 6) is 1.78. The highest BCUT2D eigenvalue weighted by molar-refractivity contribution is 5.64. The van der Waals surface area contributed by atoms with Crippen molar-refractivity contribution in [3.63, 3.8) is 0 Å². The Morgan fingerprint density at radius 2 is 1.70 bits per heavy atom. The molecule has 2 rings (SSSR count). The van der Waals surface area contributed by atoms with Gasteiger partial charge in [0.25, 0.3) is 0 Å². The number of ether oxygens (including phenoxy) is 2. The molecule has 108 valence electrons. The first kappa shape index (κ1) is 15.8. The number of aryl methyl sites for hydroxylation is 1. The topological polar surface area (TPSA) is 70.3 Å². The molecule has 1 heterocycles. The summed E-state index contributed by atoms with van der Waals surface area (Å²) in [6.07, 6.45) is 1.64. The van der Waals surface area contributed by atoms with E-state index in [2.05, 4.69) is 9.97 Å². The van der Waals surface area contributed by atoms with Gasteiger partial charge in [0.05, 0.1) is 31.8 Å². The molecule has 0 fully saturated rings. The number of hydrogen-bond donors (Lipinski definition) is 1. The smallest absolute Gasteiger partial charge is 0.161 e. The van der Waals surface area contributed by atoms with Gasteiger partial charge in [0.2, 0.25) is 0 Å². The Labute approximate surface area is 119 Å². The molecule has 0 spiro atoms. The van der Waals surface area contributed by atoms with Crippen LogP contribution in [0, 0.1) is 6.92 Å². The van der Waals surface area contributed by atoms with Gasteiger partial charge in [-0.1, -0.05) is 13.8 Å². The van der Waals surface area contributed by atoms with Gasteiger partial charge in [0.1, 0.15) is 5.82 Å². The lowest BCUT2D eigenvalue weighted by molar-refractivity contribution is 0.355. The molecule has 0 unspecified atom stereocenters. The second-order valence-electron chi connectivity index (χ2n) is 3.80. The second-order valence-corrected chi connectivity index (χ2v) is 3.80. The SMILES string of the molecule is CC.COc1ccc(-c2cnc(N)c(C)n2)cc1OC. The van der Waals surface area contributed by atoms with Gasteiger partial charge < -0.3 is 15.2 Å². The molecule has 0 atom stereocenters. The maximum Gasteiger partial charge on any atom is 0.161 e. The molecule has 0 aliphatic heterocycles. The largest absolute Gasteiger partial charge is 0.493 e. The van der Waals surface area contributed by atoms with Crippen LogP contribution >= 0.6 is 0 Å². The molecule has 5 heteroatoms. The van der Waals surface area contributed by atoms with E-state index in [4.69, 9.17) is 15.2 Å². The van der Waals surface area contributed by atoms with E-state index in [9.17, 15) is 0 Å². The highest BCUT2D eigenvalue weighted by Crippen LogP contribution is 2.31. The van der Waals surface area contributed by atoms with Crippen LogP contribution in [0.1, 0.15) is 19.5 Å². The molecule has 2 aromatic rings. The number of nitrogen functional groups attached to an aromatic ring is 1. The van der Waals surface area contributed by atoms with Crippen molar-refractivity contribution in [2.45, 2.75) is 20.8 Å². The van der Waals surface area contributed by atoms with E-state index >= 15 is 0 Å². The summed E-state index contributed by atoms with van der Waals surface area (Å²) in [4.78, 5) is 8.49. The van der Waals surface area contributed by atoms with Gasteiger partial charge in [-0.25, -0.2) is 9.97 Å². The van der Waals surface area contributed by atoms with Crippen LogP contribution in [0.5, 0.6) is 11.5 Å². The molecule has 0 radical (unpaired) electrons. The fourth-order valence-electron chi connectivity index (χ4n) is 1.63. The average Bonchev–Trinajstić information content (AvgIpc) is 2.51. The van der Waals surface area contributed by atoms with Crippen LogP contribution < -0.4 is 15.2 Å². The summed E-state index contributed by atoms with van der Waals surface area (Å²) in [5, 5.41) is 0. The monoisotopic (exact) mass is 275 g/mol. The highest BCUT2D eigenvalue weighted by atomic mass is 16.5. The van der Waals surface area contributed by atoms with Crippen molar-refractivity contribution in [1.29, 1.82) is 0 Å². The lowest BCUT2D eigenvalue weighted by Crippen LogP contribution is -1.98. The third-order valence-electron chi connectivity index (χ3n) is 2.66. The van der Waals surface area contributed by atoms with Gasteiger partial charge >= 0.3 is 0 Å². The molecule has 1 aromatic carbocycles. The quantitative estimate of drug-likeness (QED) is 0.932. The van der Waals surface area contributed by atoms with Crippen molar-refractivity contribution in [3.8, 4) is 22.8 Å². The van der Waals surface area contributed by atoms with Crippen LogP contribution in [0.15, 0.2) is 24.4 Å². The number of nitrogens with two attached hydrogens (primary N) is 1. The van der Waals surface area contributed by atoms with Crippen molar-refractivity contribution >= 4 is 5.82 Å². The summed E-state index contributed by atoms with van der Waals surface area (Å²) in [6, 6.07) is 5.60. The molecule has 5 nitrogen and oxygen atoms in total. The van der Waals surface area contributed by atoms with E-state index < -0.39 is 0 Å². The zero-order valence-electron chi connectivity index (χ0n) is 12.6. The van der Waals surface area contributed by atoms with E-state index in [1.165, 1.54) is 0 Å². The number of aromatic nitrogens is 2. The van der Waals surface area contributed by atoms with Crippen molar-refractivity contribution in [1.82, 2.24) is 9.97 Å². The molecule has 0 aliphatic carbocycles. The standard InChI is InChI=1S/C13H15N3O2.C2H6/c1-8-13(14)15-7-10(16-8)9-4-5-11(17-2)12(6-9)18-3;1-2/h4-7H,1-3H3,(H2,14,15);1-2H3. The minimum absolute atomic E-state index is 0.444. The summed E-state index contributed by atoms with van der Waals surface area (Å²) >= 11 is 0. The molecule has 2 N–H and O–H groups in total. The van der Waals surface area contributed by atoms with Gasteiger partial charge in [-0.05, 0) is 25.1 Å². The van der Waals surface area contributed by atoms with Crippen LogP contribution in [0.25, 0.3) is 11.3 Å². The molecule has 0 aliphatic rings. The normalized spacial score (nSPS) is 9.45. The predicted octanol–water partition coefficient (Wildman–Crippen LogP) is 3.08. The van der Waals surface area contributed by atoms with Crippen LogP contribution in [0.3, 0.4) is 0 Å². The first-order valence-corrected chi connectivity index (χ1v) is 6.47. The molecule has 1 aromatic heterocycles. The fourth-order valence-corrected chi connectivity index (χ4v) is 1.63. The summed E-state index contributed by atoms with van der Waals surface area (Å²) < 4.78 is 10.4. The number of benzene rings is 1. The minimum atomic E-state index is 0.444. The Hall–Kier alpha value is -2.30. The molecule has 0 saturated carbocycles. The van der Waals surface area contributed by atoms with E-state index in [-0.39, 0.29) is 0 Å². The van der Waals surface area contributed by atoms with Crippen LogP contribution in [0.4, 0.5) is 5.82 Å². The zero-order chi connectivity index (χ0) is 15.1. The minimum Gasteiger partial charge on any atom is -0.493 e. The summed E-state index contributed by atoms with van der Waals surface area (Å²) in [7, 11) is 3.20. The van der Waals surface area contributed by atoms with E-state index in [0.717, 1.165) is 11.3 Å². The lowest BCUT2D eigenvalue weighted by atomic mass is 10.1. The molecule has 0 bridgehead atoms. The van der Waals surface area contributed by atoms with E-state index in [1.807, 2.05) is 39.0 Å². The van der Waals surface area contributed by atoms with Crippen LogP contribution in [0.2, 0.25) is 0 Å². The Kier molecular flexibility index (Phi) is 5.77.